The molecule has 2 aliphatic rings. The number of rotatable bonds is 9. The molecule has 0 radical (unpaired) electrons. The third-order valence-electron chi connectivity index (χ3n) is 6.25. The fraction of sp³-hybridized carbons (Fsp3) is 0.652. The minimum absolute atomic E-state index is 0.0150. The van der Waals surface area contributed by atoms with Gasteiger partial charge in [0.2, 0.25) is 21.8 Å². The first kappa shape index (κ1) is 24.7. The summed E-state index contributed by atoms with van der Waals surface area (Å²) in [6.07, 6.45) is 2.15. The summed E-state index contributed by atoms with van der Waals surface area (Å²) >= 11 is 0. The Hall–Kier alpha value is -1.97. The lowest BCUT2D eigenvalue weighted by atomic mass is 10.1. The molecule has 1 aromatic rings. The van der Waals surface area contributed by atoms with Crippen molar-refractivity contribution in [2.45, 2.75) is 51.3 Å². The van der Waals surface area contributed by atoms with Crippen LogP contribution in [0.3, 0.4) is 0 Å². The number of nitrogens with one attached hydrogen (secondary N) is 1. The molecule has 3 rings (SSSR count). The van der Waals surface area contributed by atoms with Gasteiger partial charge < -0.3 is 15.1 Å². The summed E-state index contributed by atoms with van der Waals surface area (Å²) in [7, 11) is -3.77. The van der Waals surface area contributed by atoms with Gasteiger partial charge in [0.15, 0.2) is 0 Å². The van der Waals surface area contributed by atoms with Crippen LogP contribution in [0.5, 0.6) is 0 Å². The van der Waals surface area contributed by atoms with Crippen LogP contribution in [-0.4, -0.2) is 86.7 Å². The maximum absolute atomic E-state index is 13.7. The average molecular weight is 465 g/mol. The Morgan fingerprint density at radius 2 is 1.72 bits per heavy atom. The Morgan fingerprint density at radius 1 is 1.06 bits per heavy atom. The molecule has 9 heteroatoms. The van der Waals surface area contributed by atoms with Crippen LogP contribution in [0.1, 0.15) is 42.4 Å². The van der Waals surface area contributed by atoms with Gasteiger partial charge in [0.25, 0.3) is 0 Å². The van der Waals surface area contributed by atoms with E-state index in [-0.39, 0.29) is 31.3 Å². The topological polar surface area (TPSA) is 90.0 Å². The Kier molecular flexibility index (Phi) is 8.30. The molecule has 0 aliphatic carbocycles. The Bertz CT molecular complexity index is 918. The van der Waals surface area contributed by atoms with Crippen molar-refractivity contribution < 1.29 is 18.0 Å². The number of likely N-dealkylation sites (tertiary alicyclic amines) is 1. The summed E-state index contributed by atoms with van der Waals surface area (Å²) in [5.41, 5.74) is 2.46. The molecular formula is C23H36N4O4S. The molecule has 2 amide bonds. The van der Waals surface area contributed by atoms with Crippen LogP contribution < -0.4 is 5.32 Å². The zero-order valence-electron chi connectivity index (χ0n) is 19.5. The molecule has 0 aromatic heterocycles. The SMILES string of the molecule is Cc1cc(C)c(S(=O)(=O)N(CCCN2CCCC2=O)CCC(=O)N2CCNCC2)c(C)c1. The second-order valence-corrected chi connectivity index (χ2v) is 10.7. The molecular weight excluding hydrogens is 428 g/mol. The molecule has 1 aromatic carbocycles. The van der Waals surface area contributed by atoms with Gasteiger partial charge in [-0.2, -0.15) is 4.31 Å². The zero-order chi connectivity index (χ0) is 23.3. The highest BCUT2D eigenvalue weighted by Crippen LogP contribution is 2.26. The van der Waals surface area contributed by atoms with Gasteiger partial charge in [-0.05, 0) is 44.7 Å². The van der Waals surface area contributed by atoms with E-state index < -0.39 is 10.0 Å². The molecule has 1 N–H and O–H groups in total. The van der Waals surface area contributed by atoms with Crippen molar-refractivity contribution in [2.24, 2.45) is 0 Å². The van der Waals surface area contributed by atoms with Gasteiger partial charge >= 0.3 is 0 Å². The lowest BCUT2D eigenvalue weighted by Crippen LogP contribution is -2.47. The molecule has 0 unspecified atom stereocenters. The lowest BCUT2D eigenvalue weighted by molar-refractivity contribution is -0.131. The average Bonchev–Trinajstić information content (AvgIpc) is 3.14. The van der Waals surface area contributed by atoms with E-state index in [4.69, 9.17) is 0 Å². The predicted octanol–water partition coefficient (Wildman–Crippen LogP) is 1.44. The molecule has 32 heavy (non-hydrogen) atoms. The number of carbonyl (C=O) groups excluding carboxylic acids is 2. The molecule has 2 saturated heterocycles. The normalized spacial score (nSPS) is 17.4. The number of carbonyl (C=O) groups is 2. The number of hydrogen-bond acceptors (Lipinski definition) is 5. The Morgan fingerprint density at radius 3 is 2.31 bits per heavy atom. The standard InChI is InChI=1S/C23H36N4O4S/c1-18-16-19(2)23(20(3)17-18)32(30,31)27(12-5-11-25-10-4-6-21(25)28)13-7-22(29)26-14-8-24-9-15-26/h16-17,24H,4-15H2,1-3H3. The smallest absolute Gasteiger partial charge is 0.243 e. The van der Waals surface area contributed by atoms with Crippen LogP contribution in [0.4, 0.5) is 0 Å². The van der Waals surface area contributed by atoms with E-state index >= 15 is 0 Å². The van der Waals surface area contributed by atoms with E-state index in [9.17, 15) is 18.0 Å². The molecule has 0 atom stereocenters. The summed E-state index contributed by atoms with van der Waals surface area (Å²) in [4.78, 5) is 28.5. The summed E-state index contributed by atoms with van der Waals surface area (Å²) in [5.74, 6) is 0.122. The first-order valence-electron chi connectivity index (χ1n) is 11.5. The molecule has 0 spiro atoms. The van der Waals surface area contributed by atoms with Crippen LogP contribution in [0.25, 0.3) is 0 Å². The molecule has 178 valence electrons. The summed E-state index contributed by atoms with van der Waals surface area (Å²) < 4.78 is 28.8. The predicted molar refractivity (Wildman–Crippen MR) is 124 cm³/mol. The maximum atomic E-state index is 13.7. The number of nitrogens with zero attached hydrogens (tertiary/aromatic N) is 3. The van der Waals surface area contributed by atoms with Crippen molar-refractivity contribution in [3.8, 4) is 0 Å². The van der Waals surface area contributed by atoms with Gasteiger partial charge in [0, 0.05) is 65.2 Å². The van der Waals surface area contributed by atoms with Crippen LogP contribution in [0, 0.1) is 20.8 Å². The molecule has 8 nitrogen and oxygen atoms in total. The van der Waals surface area contributed by atoms with Gasteiger partial charge in [0.05, 0.1) is 4.90 Å². The maximum Gasteiger partial charge on any atom is 0.243 e. The number of aryl methyl sites for hydroxylation is 3. The first-order valence-corrected chi connectivity index (χ1v) is 13.0. The van der Waals surface area contributed by atoms with E-state index in [0.29, 0.717) is 37.4 Å². The minimum Gasteiger partial charge on any atom is -0.343 e. The van der Waals surface area contributed by atoms with Crippen molar-refractivity contribution >= 4 is 21.8 Å². The number of sulfonamides is 1. The monoisotopic (exact) mass is 464 g/mol. The largest absolute Gasteiger partial charge is 0.343 e. The van der Waals surface area contributed by atoms with Crippen molar-refractivity contribution in [1.29, 1.82) is 0 Å². The van der Waals surface area contributed by atoms with Crippen LogP contribution in [0.2, 0.25) is 0 Å². The summed E-state index contributed by atoms with van der Waals surface area (Å²) in [6.45, 7) is 10.1. The van der Waals surface area contributed by atoms with Crippen LogP contribution in [-0.2, 0) is 19.6 Å². The number of amides is 2. The minimum atomic E-state index is -3.77. The molecule has 0 bridgehead atoms. The van der Waals surface area contributed by atoms with Crippen molar-refractivity contribution in [3.63, 3.8) is 0 Å². The van der Waals surface area contributed by atoms with Crippen LogP contribution >= 0.6 is 0 Å². The molecule has 0 saturated carbocycles. The lowest BCUT2D eigenvalue weighted by Gasteiger charge is -2.29. The van der Waals surface area contributed by atoms with Gasteiger partial charge in [0.1, 0.15) is 0 Å². The highest BCUT2D eigenvalue weighted by atomic mass is 32.2. The summed E-state index contributed by atoms with van der Waals surface area (Å²) in [5, 5.41) is 3.22. The van der Waals surface area contributed by atoms with E-state index in [1.165, 1.54) is 4.31 Å². The van der Waals surface area contributed by atoms with Gasteiger partial charge in [-0.1, -0.05) is 17.7 Å². The summed E-state index contributed by atoms with van der Waals surface area (Å²) in [6, 6.07) is 3.76. The highest BCUT2D eigenvalue weighted by molar-refractivity contribution is 7.89. The molecule has 2 fully saturated rings. The van der Waals surface area contributed by atoms with E-state index in [2.05, 4.69) is 5.32 Å². The highest BCUT2D eigenvalue weighted by Gasteiger charge is 2.29. The quantitative estimate of drug-likeness (QED) is 0.597. The third kappa shape index (κ3) is 5.88. The number of hydrogen-bond donors (Lipinski definition) is 1. The number of benzene rings is 1. The van der Waals surface area contributed by atoms with Crippen molar-refractivity contribution in [2.75, 3.05) is 52.4 Å². The van der Waals surface area contributed by atoms with Crippen molar-refractivity contribution in [3.05, 3.63) is 28.8 Å². The fourth-order valence-electron chi connectivity index (χ4n) is 4.73. The Balaban J connectivity index is 1.75. The van der Waals surface area contributed by atoms with E-state index in [0.717, 1.165) is 42.7 Å². The first-order chi connectivity index (χ1) is 15.2. The van der Waals surface area contributed by atoms with Gasteiger partial charge in [-0.15, -0.1) is 0 Å². The second kappa shape index (κ2) is 10.8. The van der Waals surface area contributed by atoms with Crippen LogP contribution in [0.15, 0.2) is 17.0 Å². The number of piperazine rings is 1. The second-order valence-electron chi connectivity index (χ2n) is 8.85. The van der Waals surface area contributed by atoms with Gasteiger partial charge in [-0.3, -0.25) is 9.59 Å². The molecule has 2 aliphatic heterocycles. The van der Waals surface area contributed by atoms with Crippen molar-refractivity contribution in [1.82, 2.24) is 19.4 Å². The molecule has 2 heterocycles. The van der Waals surface area contributed by atoms with E-state index in [1.54, 1.807) is 9.80 Å². The van der Waals surface area contributed by atoms with E-state index in [1.807, 2.05) is 32.9 Å². The fourth-order valence-corrected chi connectivity index (χ4v) is 6.62. The van der Waals surface area contributed by atoms with Gasteiger partial charge in [-0.25, -0.2) is 8.42 Å². The zero-order valence-corrected chi connectivity index (χ0v) is 20.3. The Labute approximate surface area is 192 Å². The third-order valence-corrected chi connectivity index (χ3v) is 8.46.